The molecule has 3 rings (SSSR count). The van der Waals surface area contributed by atoms with E-state index in [0.29, 0.717) is 23.9 Å². The largest absolute Gasteiger partial charge is 0.441 e. The molecule has 0 aromatic carbocycles. The number of hydrogen-bond acceptors (Lipinski definition) is 6. The average Bonchev–Trinajstić information content (AvgIpc) is 2.94. The number of nitrogens with one attached hydrogen (secondary N) is 1. The summed E-state index contributed by atoms with van der Waals surface area (Å²) >= 11 is 1.44. The van der Waals surface area contributed by atoms with Crippen LogP contribution in [0.25, 0.3) is 0 Å². The number of carbonyl (C=O) groups excluding carboxylic acids is 2. The normalized spacial score (nSPS) is 21.1. The molecule has 0 unspecified atom stereocenters. The fraction of sp³-hybridized carbons (Fsp3) is 0.588. The van der Waals surface area contributed by atoms with Gasteiger partial charge in [0.15, 0.2) is 9.76 Å². The Kier molecular flexibility index (Phi) is 5.06. The summed E-state index contributed by atoms with van der Waals surface area (Å²) in [5.74, 6) is 1.26. The lowest BCUT2D eigenvalue weighted by molar-refractivity contribution is -0.113. The van der Waals surface area contributed by atoms with Gasteiger partial charge < -0.3 is 14.5 Å². The second-order valence-corrected chi connectivity index (χ2v) is 12.0. The molecule has 142 valence electrons. The number of aromatic nitrogens is 1. The summed E-state index contributed by atoms with van der Waals surface area (Å²) in [4.78, 5) is 30.8. The van der Waals surface area contributed by atoms with Crippen LogP contribution >= 0.6 is 11.8 Å². The molecule has 1 aromatic heterocycles. The van der Waals surface area contributed by atoms with Gasteiger partial charge in [-0.2, -0.15) is 0 Å². The first-order valence-corrected chi connectivity index (χ1v) is 10.9. The molecule has 7 nitrogen and oxygen atoms in total. The van der Waals surface area contributed by atoms with Gasteiger partial charge in [0.25, 0.3) is 0 Å². The van der Waals surface area contributed by atoms with Crippen LogP contribution in [-0.4, -0.2) is 50.8 Å². The number of ether oxygens (including phenoxy) is 1. The summed E-state index contributed by atoms with van der Waals surface area (Å²) in [6, 6.07) is 3.65. The van der Waals surface area contributed by atoms with E-state index in [1.54, 1.807) is 6.07 Å². The molecule has 2 aliphatic rings. The minimum atomic E-state index is -0.778. The maximum Gasteiger partial charge on any atom is 0.416 e. The average molecular weight is 396 g/mol. The number of nitrogens with zero attached hydrogens (tertiary/aromatic N) is 2. The third-order valence-electron chi connectivity index (χ3n) is 4.20. The topological polar surface area (TPSA) is 80.8 Å². The lowest BCUT2D eigenvalue weighted by Crippen LogP contribution is -2.44. The summed E-state index contributed by atoms with van der Waals surface area (Å²) in [6.07, 6.45) is -0.807. The first kappa shape index (κ1) is 19.2. The molecule has 2 amide bonds. The third-order valence-corrected chi connectivity index (χ3v) is 7.00. The van der Waals surface area contributed by atoms with E-state index < -0.39 is 21.5 Å². The van der Waals surface area contributed by atoms with Crippen molar-refractivity contribution in [2.75, 3.05) is 22.5 Å². The molecule has 0 aliphatic carbocycles. The van der Waals surface area contributed by atoms with E-state index in [9.17, 15) is 9.59 Å². The van der Waals surface area contributed by atoms with Gasteiger partial charge in [-0.15, -0.1) is 11.8 Å². The van der Waals surface area contributed by atoms with Crippen molar-refractivity contribution in [3.63, 3.8) is 0 Å². The first-order chi connectivity index (χ1) is 12.0. The van der Waals surface area contributed by atoms with Crippen LogP contribution in [0.2, 0.25) is 5.04 Å². The molecule has 0 radical (unpaired) electrons. The van der Waals surface area contributed by atoms with Crippen LogP contribution in [0, 0.1) is 0 Å². The van der Waals surface area contributed by atoms with Crippen LogP contribution in [0.3, 0.4) is 0 Å². The number of hydrogen-bond donors (Lipinski definition) is 1. The highest BCUT2D eigenvalue weighted by Gasteiger charge is 2.43. The molecule has 1 saturated heterocycles. The molecule has 1 atom stereocenters. The van der Waals surface area contributed by atoms with E-state index in [1.807, 2.05) is 19.9 Å². The van der Waals surface area contributed by atoms with Crippen LogP contribution in [-0.2, 0) is 14.0 Å². The van der Waals surface area contributed by atoms with Gasteiger partial charge in [-0.05, 0) is 31.0 Å². The van der Waals surface area contributed by atoms with Gasteiger partial charge in [0.1, 0.15) is 17.7 Å². The van der Waals surface area contributed by atoms with Crippen molar-refractivity contribution in [3.05, 3.63) is 12.1 Å². The van der Waals surface area contributed by atoms with Gasteiger partial charge in [-0.25, -0.2) is 9.78 Å². The summed E-state index contributed by atoms with van der Waals surface area (Å²) in [7, 11) is -0.778. The molecular weight excluding hydrogens is 370 g/mol. The summed E-state index contributed by atoms with van der Waals surface area (Å²) in [6.45, 7) is 10.8. The monoisotopic (exact) mass is 395 g/mol. The quantitative estimate of drug-likeness (QED) is 0.789. The number of cyclic esters (lactones) is 1. The second kappa shape index (κ2) is 6.86. The lowest BCUT2D eigenvalue weighted by Gasteiger charge is -2.33. The molecule has 26 heavy (non-hydrogen) atoms. The maximum absolute atomic E-state index is 12.4. The predicted octanol–water partition coefficient (Wildman–Crippen LogP) is 2.55. The van der Waals surface area contributed by atoms with Crippen molar-refractivity contribution in [3.8, 4) is 0 Å². The Morgan fingerprint density at radius 2 is 2.04 bits per heavy atom. The predicted molar refractivity (Wildman–Crippen MR) is 105 cm³/mol. The minimum absolute atomic E-state index is 0.0873. The SMILES string of the molecule is CC(C)(C)[SiH2]OC(C)(C)[C@H]1CN(c2ccc3c(n2)NC(=O)CS3)C(=O)O1. The zero-order valence-corrected chi connectivity index (χ0v) is 18.0. The lowest BCUT2D eigenvalue weighted by atomic mass is 10.0. The van der Waals surface area contributed by atoms with Crippen molar-refractivity contribution in [2.24, 2.45) is 0 Å². The van der Waals surface area contributed by atoms with E-state index in [-0.39, 0.29) is 17.0 Å². The van der Waals surface area contributed by atoms with E-state index in [4.69, 9.17) is 9.16 Å². The molecule has 0 spiro atoms. The van der Waals surface area contributed by atoms with Crippen molar-refractivity contribution in [1.82, 2.24) is 4.98 Å². The van der Waals surface area contributed by atoms with Gasteiger partial charge >= 0.3 is 6.09 Å². The first-order valence-electron chi connectivity index (χ1n) is 8.61. The highest BCUT2D eigenvalue weighted by molar-refractivity contribution is 8.00. The van der Waals surface area contributed by atoms with E-state index in [0.717, 1.165) is 4.90 Å². The molecule has 1 fully saturated rings. The van der Waals surface area contributed by atoms with Crippen LogP contribution in [0.4, 0.5) is 16.4 Å². The Labute approximate surface area is 160 Å². The Balaban J connectivity index is 1.74. The molecule has 1 N–H and O–H groups in total. The molecule has 3 heterocycles. The van der Waals surface area contributed by atoms with Crippen molar-refractivity contribution in [1.29, 1.82) is 0 Å². The van der Waals surface area contributed by atoms with Gasteiger partial charge in [0.05, 0.1) is 22.8 Å². The molecule has 0 bridgehead atoms. The minimum Gasteiger partial charge on any atom is -0.441 e. The van der Waals surface area contributed by atoms with Gasteiger partial charge in [0, 0.05) is 0 Å². The van der Waals surface area contributed by atoms with Gasteiger partial charge in [-0.1, -0.05) is 20.8 Å². The van der Waals surface area contributed by atoms with Crippen LogP contribution in [0.15, 0.2) is 17.0 Å². The number of pyridine rings is 1. The Morgan fingerprint density at radius 1 is 1.31 bits per heavy atom. The zero-order chi connectivity index (χ0) is 19.1. The van der Waals surface area contributed by atoms with Gasteiger partial charge in [-0.3, -0.25) is 9.69 Å². The Hall–Kier alpha value is -1.58. The van der Waals surface area contributed by atoms with Crippen LogP contribution in [0.5, 0.6) is 0 Å². The molecule has 1 aromatic rings. The van der Waals surface area contributed by atoms with E-state index >= 15 is 0 Å². The van der Waals surface area contributed by atoms with Crippen molar-refractivity contribution in [2.45, 2.75) is 56.3 Å². The molecule has 0 saturated carbocycles. The molecular formula is C17H25N3O4SSi. The summed E-state index contributed by atoms with van der Waals surface area (Å²) < 4.78 is 11.7. The molecule has 2 aliphatic heterocycles. The fourth-order valence-electron chi connectivity index (χ4n) is 2.61. The smallest absolute Gasteiger partial charge is 0.416 e. The van der Waals surface area contributed by atoms with Gasteiger partial charge in [0.2, 0.25) is 5.91 Å². The fourth-order valence-corrected chi connectivity index (χ4v) is 4.36. The molecule has 9 heteroatoms. The third kappa shape index (κ3) is 4.21. The summed E-state index contributed by atoms with van der Waals surface area (Å²) in [5.41, 5.74) is -0.553. The number of thioether (sulfide) groups is 1. The van der Waals surface area contributed by atoms with Crippen molar-refractivity contribution < 1.29 is 18.8 Å². The maximum atomic E-state index is 12.4. The Bertz CT molecular complexity index is 735. The second-order valence-electron chi connectivity index (χ2n) is 8.29. The zero-order valence-electron chi connectivity index (χ0n) is 15.8. The number of rotatable bonds is 4. The van der Waals surface area contributed by atoms with Crippen molar-refractivity contribution >= 4 is 45.2 Å². The van der Waals surface area contributed by atoms with E-state index in [2.05, 4.69) is 31.1 Å². The number of fused-ring (bicyclic) bond motifs is 1. The number of anilines is 2. The van der Waals surface area contributed by atoms with Crippen LogP contribution in [0.1, 0.15) is 34.6 Å². The number of amides is 2. The highest BCUT2D eigenvalue weighted by atomic mass is 32.2. The van der Waals surface area contributed by atoms with E-state index in [1.165, 1.54) is 16.7 Å². The highest BCUT2D eigenvalue weighted by Crippen LogP contribution is 2.34. The Morgan fingerprint density at radius 3 is 2.73 bits per heavy atom. The standard InChI is InChI=1S/C17H25N3O4SSi/c1-16(2,3)26-24-17(4,5)11-8-20(15(22)23-11)12-7-6-10-14(18-12)19-13(21)9-25-10/h6-7,11H,8-9,26H2,1-5H3,(H,18,19,21)/t11-/m1/s1. The summed E-state index contributed by atoms with van der Waals surface area (Å²) in [5, 5.41) is 2.91. The van der Waals surface area contributed by atoms with Crippen LogP contribution < -0.4 is 10.2 Å². The number of carbonyl (C=O) groups is 2.